The van der Waals surface area contributed by atoms with Gasteiger partial charge >= 0.3 is 0 Å². The van der Waals surface area contributed by atoms with Gasteiger partial charge in [-0.3, -0.25) is 0 Å². The first-order valence-corrected chi connectivity index (χ1v) is 8.07. The fourth-order valence-corrected chi connectivity index (χ4v) is 3.01. The van der Waals surface area contributed by atoms with Gasteiger partial charge in [-0.15, -0.1) is 0 Å². The maximum absolute atomic E-state index is 13.9. The second-order valence-corrected chi connectivity index (χ2v) is 5.90. The molecule has 1 aromatic carbocycles. The van der Waals surface area contributed by atoms with Gasteiger partial charge in [-0.25, -0.2) is 8.78 Å². The highest BCUT2D eigenvalue weighted by Crippen LogP contribution is 2.31. The third kappa shape index (κ3) is 4.92. The Balaban J connectivity index is 2.17. The number of nitrogens with one attached hydrogen (secondary N) is 1. The molecule has 1 nitrogen and oxygen atoms in total. The van der Waals surface area contributed by atoms with E-state index in [4.69, 9.17) is 0 Å². The Labute approximate surface area is 126 Å². The van der Waals surface area contributed by atoms with Crippen LogP contribution in [0.15, 0.2) is 23.8 Å². The lowest BCUT2D eigenvalue weighted by molar-refractivity contribution is 0.396. The average molecular weight is 293 g/mol. The summed E-state index contributed by atoms with van der Waals surface area (Å²) >= 11 is 0. The number of rotatable bonds is 6. The normalized spacial score (nSPS) is 17.2. The third-order valence-corrected chi connectivity index (χ3v) is 4.19. The molecule has 0 bridgehead atoms. The molecule has 0 atom stereocenters. The van der Waals surface area contributed by atoms with Crippen LogP contribution in [0.25, 0.3) is 6.08 Å². The van der Waals surface area contributed by atoms with Crippen molar-refractivity contribution in [3.05, 3.63) is 41.0 Å². The summed E-state index contributed by atoms with van der Waals surface area (Å²) in [7, 11) is 0. The number of hydrogen-bond donors (Lipinski definition) is 1. The summed E-state index contributed by atoms with van der Waals surface area (Å²) in [6.07, 6.45) is 9.18. The smallest absolute Gasteiger partial charge is 0.133 e. The molecule has 1 fully saturated rings. The molecular formula is C18H25F2N. The van der Waals surface area contributed by atoms with Crippen LogP contribution in [0.4, 0.5) is 8.78 Å². The molecule has 1 aromatic rings. The maximum atomic E-state index is 13.9. The Morgan fingerprint density at radius 1 is 1.24 bits per heavy atom. The molecule has 1 saturated carbocycles. The summed E-state index contributed by atoms with van der Waals surface area (Å²) in [4.78, 5) is 0. The highest BCUT2D eigenvalue weighted by molar-refractivity contribution is 5.54. The van der Waals surface area contributed by atoms with Crippen LogP contribution in [0, 0.1) is 17.6 Å². The van der Waals surface area contributed by atoms with E-state index in [-0.39, 0.29) is 0 Å². The monoisotopic (exact) mass is 293 g/mol. The molecule has 1 aliphatic carbocycles. The molecule has 1 aliphatic rings. The number of halogens is 2. The molecule has 116 valence electrons. The fraction of sp³-hybridized carbons (Fsp3) is 0.556. The zero-order valence-corrected chi connectivity index (χ0v) is 12.8. The van der Waals surface area contributed by atoms with E-state index in [2.05, 4.69) is 12.2 Å². The van der Waals surface area contributed by atoms with Crippen molar-refractivity contribution in [2.45, 2.75) is 45.4 Å². The van der Waals surface area contributed by atoms with Crippen molar-refractivity contribution in [1.29, 1.82) is 0 Å². The maximum Gasteiger partial charge on any atom is 0.133 e. The lowest BCUT2D eigenvalue weighted by atomic mass is 9.83. The lowest BCUT2D eigenvalue weighted by Gasteiger charge is -2.25. The van der Waals surface area contributed by atoms with Crippen molar-refractivity contribution in [1.82, 2.24) is 5.32 Å². The molecule has 0 amide bonds. The van der Waals surface area contributed by atoms with Crippen molar-refractivity contribution in [3.8, 4) is 0 Å². The first kappa shape index (κ1) is 16.2. The minimum atomic E-state index is -0.520. The first-order valence-electron chi connectivity index (χ1n) is 8.07. The van der Waals surface area contributed by atoms with Crippen LogP contribution in [0.5, 0.6) is 0 Å². The molecule has 21 heavy (non-hydrogen) atoms. The molecular weight excluding hydrogens is 268 g/mol. The highest BCUT2D eigenvalue weighted by atomic mass is 19.1. The zero-order valence-electron chi connectivity index (χ0n) is 12.8. The standard InChI is InChI=1S/C18H25F2N/c1-2-10-21-13-16(14-6-4-3-5-7-14)11-15-8-9-17(19)12-18(15)20/h8-9,11-12,14,21H,2-7,10,13H2,1H3/b16-11-. The van der Waals surface area contributed by atoms with Gasteiger partial charge in [0.05, 0.1) is 0 Å². The predicted molar refractivity (Wildman–Crippen MR) is 84.1 cm³/mol. The van der Waals surface area contributed by atoms with Crippen LogP contribution in [0.2, 0.25) is 0 Å². The topological polar surface area (TPSA) is 12.0 Å². The predicted octanol–water partition coefficient (Wildman–Crippen LogP) is 4.93. The minimum absolute atomic E-state index is 0.473. The van der Waals surface area contributed by atoms with Crippen molar-refractivity contribution >= 4 is 6.08 Å². The Hall–Kier alpha value is -1.22. The van der Waals surface area contributed by atoms with Crippen molar-refractivity contribution < 1.29 is 8.78 Å². The van der Waals surface area contributed by atoms with Gasteiger partial charge in [0.2, 0.25) is 0 Å². The van der Waals surface area contributed by atoms with Crippen molar-refractivity contribution in [3.63, 3.8) is 0 Å². The van der Waals surface area contributed by atoms with Gasteiger partial charge in [0, 0.05) is 18.2 Å². The van der Waals surface area contributed by atoms with E-state index in [0.717, 1.165) is 25.6 Å². The Kier molecular flexibility index (Phi) is 6.37. The van der Waals surface area contributed by atoms with Gasteiger partial charge in [0.1, 0.15) is 11.6 Å². The summed E-state index contributed by atoms with van der Waals surface area (Å²) in [5.74, 6) is -0.459. The molecule has 1 N–H and O–H groups in total. The van der Waals surface area contributed by atoms with E-state index in [1.54, 1.807) is 0 Å². The Morgan fingerprint density at radius 2 is 2.00 bits per heavy atom. The van der Waals surface area contributed by atoms with Gasteiger partial charge in [0.15, 0.2) is 0 Å². The molecule has 3 heteroatoms. The van der Waals surface area contributed by atoms with E-state index in [1.807, 2.05) is 6.08 Å². The van der Waals surface area contributed by atoms with Crippen molar-refractivity contribution in [2.24, 2.45) is 5.92 Å². The number of hydrogen-bond acceptors (Lipinski definition) is 1. The minimum Gasteiger partial charge on any atom is -0.313 e. The van der Waals surface area contributed by atoms with Gasteiger partial charge in [0.25, 0.3) is 0 Å². The molecule has 2 rings (SSSR count). The van der Waals surface area contributed by atoms with Crippen LogP contribution in [-0.2, 0) is 0 Å². The molecule has 0 unspecified atom stereocenters. The Bertz CT molecular complexity index is 476. The summed E-state index contributed by atoms with van der Waals surface area (Å²) in [5, 5.41) is 3.42. The van der Waals surface area contributed by atoms with Crippen LogP contribution >= 0.6 is 0 Å². The molecule has 0 spiro atoms. The van der Waals surface area contributed by atoms with Crippen LogP contribution < -0.4 is 5.32 Å². The van der Waals surface area contributed by atoms with Crippen LogP contribution in [0.1, 0.15) is 51.0 Å². The van der Waals surface area contributed by atoms with E-state index >= 15 is 0 Å². The molecule has 0 aromatic heterocycles. The molecule has 0 aliphatic heterocycles. The van der Waals surface area contributed by atoms with Crippen molar-refractivity contribution in [2.75, 3.05) is 13.1 Å². The van der Waals surface area contributed by atoms with E-state index in [0.29, 0.717) is 11.5 Å². The quantitative estimate of drug-likeness (QED) is 0.733. The fourth-order valence-electron chi connectivity index (χ4n) is 3.01. The van der Waals surface area contributed by atoms with Gasteiger partial charge < -0.3 is 5.32 Å². The summed E-state index contributed by atoms with van der Waals surface area (Å²) in [6, 6.07) is 3.82. The SMILES string of the molecule is CCCNC/C(=C/c1ccc(F)cc1F)C1CCCCC1. The average Bonchev–Trinajstić information content (AvgIpc) is 2.49. The zero-order chi connectivity index (χ0) is 15.1. The second kappa shape index (κ2) is 8.28. The molecule has 0 heterocycles. The lowest BCUT2D eigenvalue weighted by Crippen LogP contribution is -2.23. The van der Waals surface area contributed by atoms with Crippen LogP contribution in [-0.4, -0.2) is 13.1 Å². The largest absolute Gasteiger partial charge is 0.313 e. The Morgan fingerprint density at radius 3 is 2.67 bits per heavy atom. The third-order valence-electron chi connectivity index (χ3n) is 4.19. The molecule has 0 saturated heterocycles. The van der Waals surface area contributed by atoms with E-state index < -0.39 is 11.6 Å². The van der Waals surface area contributed by atoms with Crippen LogP contribution in [0.3, 0.4) is 0 Å². The summed E-state index contributed by atoms with van der Waals surface area (Å²) in [5.41, 5.74) is 1.75. The summed E-state index contributed by atoms with van der Waals surface area (Å²) < 4.78 is 26.9. The number of benzene rings is 1. The highest BCUT2D eigenvalue weighted by Gasteiger charge is 2.18. The molecule has 0 radical (unpaired) electrons. The first-order chi connectivity index (χ1) is 10.2. The van der Waals surface area contributed by atoms with E-state index in [9.17, 15) is 8.78 Å². The van der Waals surface area contributed by atoms with E-state index in [1.165, 1.54) is 49.8 Å². The van der Waals surface area contributed by atoms with Gasteiger partial charge in [-0.05, 0) is 43.9 Å². The second-order valence-electron chi connectivity index (χ2n) is 5.90. The van der Waals surface area contributed by atoms with Gasteiger partial charge in [-0.1, -0.05) is 37.8 Å². The summed E-state index contributed by atoms with van der Waals surface area (Å²) in [6.45, 7) is 3.90. The van der Waals surface area contributed by atoms with Gasteiger partial charge in [-0.2, -0.15) is 0 Å².